The van der Waals surface area contributed by atoms with E-state index in [1.165, 1.54) is 27.2 Å². The molecule has 1 saturated heterocycles. The molecule has 0 radical (unpaired) electrons. The van der Waals surface area contributed by atoms with Gasteiger partial charge in [0.2, 0.25) is 0 Å². The van der Waals surface area contributed by atoms with Gasteiger partial charge in [-0.15, -0.1) is 0 Å². The van der Waals surface area contributed by atoms with Crippen molar-refractivity contribution in [3.05, 3.63) is 59.7 Å². The molecule has 2 aromatic carbocycles. The fraction of sp³-hybridized carbons (Fsp3) is 0.500. The molecule has 0 aromatic heterocycles. The Morgan fingerprint density at radius 1 is 0.935 bits per heavy atom. The molecule has 170 valence electrons. The second-order valence-electron chi connectivity index (χ2n) is 7.44. The van der Waals surface area contributed by atoms with Gasteiger partial charge in [-0.25, -0.2) is 4.79 Å². The van der Waals surface area contributed by atoms with E-state index in [1.807, 2.05) is 27.7 Å². The highest BCUT2D eigenvalue weighted by atomic mass is 16.7. The molecular weight excluding hydrogens is 390 g/mol. The Morgan fingerprint density at radius 3 is 1.74 bits per heavy atom. The Labute approximate surface area is 187 Å². The molecule has 1 heterocycles. The summed E-state index contributed by atoms with van der Waals surface area (Å²) >= 11 is 0. The first-order valence-corrected chi connectivity index (χ1v) is 11.5. The van der Waals surface area contributed by atoms with Crippen LogP contribution in [0.2, 0.25) is 0 Å². The van der Waals surface area contributed by atoms with Gasteiger partial charge >= 0.3 is 6.09 Å². The summed E-state index contributed by atoms with van der Waals surface area (Å²) in [6, 6.07) is 17.4. The molecule has 1 fully saturated rings. The van der Waals surface area contributed by atoms with E-state index in [4.69, 9.17) is 14.6 Å². The summed E-state index contributed by atoms with van der Waals surface area (Å²) in [7, 11) is 0. The third-order valence-corrected chi connectivity index (χ3v) is 5.76. The fourth-order valence-electron chi connectivity index (χ4n) is 4.30. The zero-order valence-electron chi connectivity index (χ0n) is 19.6. The number of hydrogen-bond acceptors (Lipinski definition) is 3. The van der Waals surface area contributed by atoms with E-state index < -0.39 is 11.9 Å². The van der Waals surface area contributed by atoms with Crippen LogP contribution in [0.3, 0.4) is 0 Å². The molecule has 1 aliphatic carbocycles. The van der Waals surface area contributed by atoms with Crippen molar-refractivity contribution in [2.45, 2.75) is 59.2 Å². The fourth-order valence-corrected chi connectivity index (χ4v) is 4.30. The Hall–Kier alpha value is -2.37. The molecule has 0 atom stereocenters. The highest BCUT2D eigenvalue weighted by Gasteiger charge is 2.37. The lowest BCUT2D eigenvalue weighted by atomic mass is 10.00. The molecule has 0 unspecified atom stereocenters. The normalized spacial score (nSPS) is 16.2. The van der Waals surface area contributed by atoms with Crippen LogP contribution in [-0.4, -0.2) is 48.2 Å². The predicted molar refractivity (Wildman–Crippen MR) is 126 cm³/mol. The predicted octanol–water partition coefficient (Wildman–Crippen LogP) is 6.37. The number of likely N-dealkylation sites (tertiary alicyclic amines) is 1. The van der Waals surface area contributed by atoms with Gasteiger partial charge in [0.25, 0.3) is 0 Å². The number of amides is 1. The molecule has 5 nitrogen and oxygen atoms in total. The quantitative estimate of drug-likeness (QED) is 0.576. The molecule has 4 rings (SSSR count). The van der Waals surface area contributed by atoms with Gasteiger partial charge in [0.05, 0.1) is 0 Å². The Balaban J connectivity index is 0.000000204. The lowest BCUT2D eigenvalue weighted by Gasteiger charge is -2.39. The van der Waals surface area contributed by atoms with E-state index >= 15 is 0 Å². The molecule has 2 aliphatic rings. The molecule has 1 N–H and O–H groups in total. The number of hydrogen-bond donors (Lipinski definition) is 1. The molecule has 0 bridgehead atoms. The second kappa shape index (κ2) is 11.9. The summed E-state index contributed by atoms with van der Waals surface area (Å²) in [5, 5.41) is 8.81. The van der Waals surface area contributed by atoms with E-state index in [-0.39, 0.29) is 0 Å². The topological polar surface area (TPSA) is 59.0 Å². The van der Waals surface area contributed by atoms with Gasteiger partial charge < -0.3 is 19.5 Å². The van der Waals surface area contributed by atoms with Crippen LogP contribution in [0.25, 0.3) is 11.1 Å². The second-order valence-corrected chi connectivity index (χ2v) is 7.44. The molecule has 1 amide bonds. The first-order chi connectivity index (χ1) is 15.0. The van der Waals surface area contributed by atoms with Crippen molar-refractivity contribution in [2.24, 2.45) is 0 Å². The number of nitrogens with zero attached hydrogens (tertiary/aromatic N) is 1. The average Bonchev–Trinajstić information content (AvgIpc) is 3.09. The maximum absolute atomic E-state index is 10.7. The van der Waals surface area contributed by atoms with Crippen LogP contribution < -0.4 is 0 Å². The van der Waals surface area contributed by atoms with Crippen LogP contribution in [0.5, 0.6) is 0 Å². The third-order valence-electron chi connectivity index (χ3n) is 5.76. The van der Waals surface area contributed by atoms with E-state index in [1.54, 1.807) is 0 Å². The van der Waals surface area contributed by atoms with Crippen LogP contribution in [0.15, 0.2) is 48.5 Å². The maximum Gasteiger partial charge on any atom is 0.407 e. The van der Waals surface area contributed by atoms with Gasteiger partial charge in [-0.3, -0.25) is 0 Å². The van der Waals surface area contributed by atoms with Crippen LogP contribution in [-0.2, 0) is 9.47 Å². The van der Waals surface area contributed by atoms with Crippen LogP contribution in [0.4, 0.5) is 4.79 Å². The van der Waals surface area contributed by atoms with Crippen molar-refractivity contribution < 1.29 is 19.4 Å². The zero-order chi connectivity index (χ0) is 22.9. The van der Waals surface area contributed by atoms with E-state index in [9.17, 15) is 4.79 Å². The summed E-state index contributed by atoms with van der Waals surface area (Å²) < 4.78 is 11.2. The highest BCUT2D eigenvalue weighted by Crippen LogP contribution is 2.43. The Bertz CT molecular complexity index is 774. The lowest BCUT2D eigenvalue weighted by molar-refractivity contribution is -0.251. The Kier molecular flexibility index (Phi) is 9.53. The largest absolute Gasteiger partial charge is 0.465 e. The first-order valence-electron chi connectivity index (χ1n) is 11.5. The van der Waals surface area contributed by atoms with Crippen LogP contribution in [0.1, 0.15) is 64.5 Å². The van der Waals surface area contributed by atoms with E-state index in [0.29, 0.717) is 45.1 Å². The van der Waals surface area contributed by atoms with Gasteiger partial charge in [0.15, 0.2) is 5.79 Å². The molecule has 0 saturated carbocycles. The third kappa shape index (κ3) is 5.86. The summed E-state index contributed by atoms with van der Waals surface area (Å²) in [6.07, 6.45) is 0.360. The molecule has 1 aliphatic heterocycles. The SMILES string of the molecule is CC.CC1c2ccccc2-c2ccccc21.CCOC1(OCC)CCN(C(=O)O)CC1. The molecule has 0 spiro atoms. The van der Waals surface area contributed by atoms with Gasteiger partial charge in [0.1, 0.15) is 0 Å². The number of piperidine rings is 1. The first kappa shape index (κ1) is 24.9. The minimum atomic E-state index is -0.864. The molecular formula is C26H37NO4. The molecule has 2 aromatic rings. The molecule has 31 heavy (non-hydrogen) atoms. The number of fused-ring (bicyclic) bond motifs is 3. The zero-order valence-corrected chi connectivity index (χ0v) is 19.6. The van der Waals surface area contributed by atoms with Crippen LogP contribution in [0, 0.1) is 0 Å². The van der Waals surface area contributed by atoms with Crippen molar-refractivity contribution in [1.82, 2.24) is 4.90 Å². The number of benzene rings is 2. The standard InChI is InChI=1S/C14H12.C10H19NO4.C2H6/c1-10-11-6-2-4-8-13(11)14-9-5-3-7-12(10)14;1-3-14-10(15-4-2)5-7-11(8-6-10)9(12)13;1-2/h2-10H,1H3;3-8H2,1-2H3,(H,12,13);1-2H3. The number of rotatable bonds is 4. The molecule has 5 heteroatoms. The summed E-state index contributed by atoms with van der Waals surface area (Å²) in [4.78, 5) is 12.1. The van der Waals surface area contributed by atoms with Gasteiger partial charge in [-0.2, -0.15) is 0 Å². The summed E-state index contributed by atoms with van der Waals surface area (Å²) in [5.74, 6) is -0.00229. The van der Waals surface area contributed by atoms with E-state index in [2.05, 4.69) is 55.5 Å². The minimum Gasteiger partial charge on any atom is -0.465 e. The average molecular weight is 428 g/mol. The monoisotopic (exact) mass is 427 g/mol. The Morgan fingerprint density at radius 2 is 1.35 bits per heavy atom. The lowest BCUT2D eigenvalue weighted by Crippen LogP contribution is -2.49. The van der Waals surface area contributed by atoms with Crippen molar-refractivity contribution in [3.8, 4) is 11.1 Å². The van der Waals surface area contributed by atoms with Crippen LogP contribution >= 0.6 is 0 Å². The summed E-state index contributed by atoms with van der Waals surface area (Å²) in [6.45, 7) is 12.3. The van der Waals surface area contributed by atoms with Crippen molar-refractivity contribution in [2.75, 3.05) is 26.3 Å². The van der Waals surface area contributed by atoms with Gasteiger partial charge in [-0.1, -0.05) is 69.3 Å². The van der Waals surface area contributed by atoms with Crippen molar-refractivity contribution in [3.63, 3.8) is 0 Å². The van der Waals surface area contributed by atoms with Crippen molar-refractivity contribution >= 4 is 6.09 Å². The van der Waals surface area contributed by atoms with Gasteiger partial charge in [-0.05, 0) is 36.1 Å². The minimum absolute atomic E-state index is 0.481. The number of carboxylic acid groups (broad SMARTS) is 1. The summed E-state index contributed by atoms with van der Waals surface area (Å²) in [5.41, 5.74) is 5.76. The number of carbonyl (C=O) groups is 1. The van der Waals surface area contributed by atoms with Gasteiger partial charge in [0, 0.05) is 45.1 Å². The van der Waals surface area contributed by atoms with Crippen molar-refractivity contribution in [1.29, 1.82) is 0 Å². The highest BCUT2D eigenvalue weighted by molar-refractivity contribution is 5.78. The smallest absolute Gasteiger partial charge is 0.407 e. The van der Waals surface area contributed by atoms with E-state index in [0.717, 1.165) is 0 Å². The maximum atomic E-state index is 10.7. The number of ether oxygens (including phenoxy) is 2.